The molecule has 0 fully saturated rings. The molecule has 0 aromatic carbocycles. The standard InChI is InChI=1S/C15H21N3O/c1-10-7-11(2)17-15(14(10)8-16)18(4)9-13-5-6-19-12(13)3/h5-7H,8-9,16H2,1-4H3. The molecule has 2 aromatic heterocycles. The van der Waals surface area contributed by atoms with E-state index >= 15 is 0 Å². The second kappa shape index (κ2) is 5.45. The summed E-state index contributed by atoms with van der Waals surface area (Å²) in [6.45, 7) is 7.33. The molecule has 2 heterocycles. The van der Waals surface area contributed by atoms with Crippen molar-refractivity contribution < 1.29 is 4.42 Å². The molecule has 0 amide bonds. The average Bonchev–Trinajstić information content (AvgIpc) is 2.74. The molecule has 4 heteroatoms. The molecule has 0 unspecified atom stereocenters. The van der Waals surface area contributed by atoms with E-state index < -0.39 is 0 Å². The fraction of sp³-hybridized carbons (Fsp3) is 0.400. The Morgan fingerprint density at radius 3 is 2.63 bits per heavy atom. The first-order chi connectivity index (χ1) is 9.02. The Hall–Kier alpha value is -1.81. The van der Waals surface area contributed by atoms with Crippen LogP contribution in [0.25, 0.3) is 0 Å². The van der Waals surface area contributed by atoms with E-state index in [-0.39, 0.29) is 0 Å². The quantitative estimate of drug-likeness (QED) is 0.917. The molecule has 0 aliphatic heterocycles. The van der Waals surface area contributed by atoms with Crippen LogP contribution in [-0.4, -0.2) is 12.0 Å². The van der Waals surface area contributed by atoms with Crippen LogP contribution in [0, 0.1) is 20.8 Å². The smallest absolute Gasteiger partial charge is 0.133 e. The van der Waals surface area contributed by atoms with E-state index in [2.05, 4.69) is 22.9 Å². The lowest BCUT2D eigenvalue weighted by atomic mass is 10.1. The zero-order valence-electron chi connectivity index (χ0n) is 12.0. The van der Waals surface area contributed by atoms with Crippen LogP contribution < -0.4 is 10.6 Å². The summed E-state index contributed by atoms with van der Waals surface area (Å²) in [6, 6.07) is 4.07. The van der Waals surface area contributed by atoms with Crippen molar-refractivity contribution in [2.45, 2.75) is 33.9 Å². The van der Waals surface area contributed by atoms with Crippen molar-refractivity contribution in [2.75, 3.05) is 11.9 Å². The maximum Gasteiger partial charge on any atom is 0.133 e. The molecule has 0 spiro atoms. The van der Waals surface area contributed by atoms with Gasteiger partial charge in [0, 0.05) is 37.0 Å². The van der Waals surface area contributed by atoms with Gasteiger partial charge in [-0.05, 0) is 38.5 Å². The van der Waals surface area contributed by atoms with Crippen molar-refractivity contribution in [3.63, 3.8) is 0 Å². The van der Waals surface area contributed by atoms with Crippen molar-refractivity contribution in [3.8, 4) is 0 Å². The number of nitrogens with zero attached hydrogens (tertiary/aromatic N) is 2. The highest BCUT2D eigenvalue weighted by molar-refractivity contribution is 5.51. The number of pyridine rings is 1. The number of aryl methyl sites for hydroxylation is 3. The van der Waals surface area contributed by atoms with E-state index in [1.165, 1.54) is 11.1 Å². The minimum Gasteiger partial charge on any atom is -0.469 e. The lowest BCUT2D eigenvalue weighted by molar-refractivity contribution is 0.529. The largest absolute Gasteiger partial charge is 0.469 e. The Labute approximate surface area is 114 Å². The first-order valence-electron chi connectivity index (χ1n) is 6.44. The van der Waals surface area contributed by atoms with Gasteiger partial charge in [0.25, 0.3) is 0 Å². The van der Waals surface area contributed by atoms with Crippen LogP contribution in [0.2, 0.25) is 0 Å². The van der Waals surface area contributed by atoms with Gasteiger partial charge in [0.05, 0.1) is 6.26 Å². The van der Waals surface area contributed by atoms with Crippen molar-refractivity contribution in [3.05, 3.63) is 46.5 Å². The number of hydrogen-bond donors (Lipinski definition) is 1. The molecule has 0 saturated heterocycles. The molecule has 0 radical (unpaired) electrons. The molecule has 0 aliphatic carbocycles. The lowest BCUT2D eigenvalue weighted by Gasteiger charge is -2.22. The van der Waals surface area contributed by atoms with E-state index in [4.69, 9.17) is 10.2 Å². The van der Waals surface area contributed by atoms with Crippen LogP contribution in [-0.2, 0) is 13.1 Å². The molecule has 102 valence electrons. The van der Waals surface area contributed by atoms with Crippen LogP contribution >= 0.6 is 0 Å². The molecule has 4 nitrogen and oxygen atoms in total. The van der Waals surface area contributed by atoms with Gasteiger partial charge in [-0.3, -0.25) is 0 Å². The number of rotatable bonds is 4. The topological polar surface area (TPSA) is 55.3 Å². The van der Waals surface area contributed by atoms with Gasteiger partial charge in [-0.1, -0.05) is 0 Å². The molecular weight excluding hydrogens is 238 g/mol. The molecule has 2 aromatic rings. The zero-order chi connectivity index (χ0) is 14.0. The van der Waals surface area contributed by atoms with Gasteiger partial charge in [0.1, 0.15) is 11.6 Å². The summed E-state index contributed by atoms with van der Waals surface area (Å²) in [6.07, 6.45) is 1.72. The first-order valence-corrected chi connectivity index (χ1v) is 6.44. The lowest BCUT2D eigenvalue weighted by Crippen LogP contribution is -2.21. The maximum atomic E-state index is 5.86. The Bertz CT molecular complexity index is 575. The van der Waals surface area contributed by atoms with Crippen LogP contribution in [0.15, 0.2) is 22.8 Å². The molecule has 0 saturated carbocycles. The van der Waals surface area contributed by atoms with E-state index in [0.29, 0.717) is 6.54 Å². The summed E-state index contributed by atoms with van der Waals surface area (Å²) in [4.78, 5) is 6.76. The summed E-state index contributed by atoms with van der Waals surface area (Å²) >= 11 is 0. The third kappa shape index (κ3) is 2.79. The maximum absolute atomic E-state index is 5.86. The molecule has 0 atom stereocenters. The Morgan fingerprint density at radius 2 is 2.05 bits per heavy atom. The number of anilines is 1. The van der Waals surface area contributed by atoms with Gasteiger partial charge in [0.2, 0.25) is 0 Å². The third-order valence-electron chi connectivity index (χ3n) is 3.39. The monoisotopic (exact) mass is 259 g/mol. The summed E-state index contributed by atoms with van der Waals surface area (Å²) in [7, 11) is 2.03. The fourth-order valence-electron chi connectivity index (χ4n) is 2.32. The van der Waals surface area contributed by atoms with Crippen molar-refractivity contribution in [2.24, 2.45) is 5.73 Å². The van der Waals surface area contributed by atoms with Gasteiger partial charge < -0.3 is 15.1 Å². The molecule has 0 aliphatic rings. The number of hydrogen-bond acceptors (Lipinski definition) is 4. The molecule has 2 N–H and O–H groups in total. The fourth-order valence-corrected chi connectivity index (χ4v) is 2.32. The Kier molecular flexibility index (Phi) is 3.90. The zero-order valence-corrected chi connectivity index (χ0v) is 12.0. The van der Waals surface area contributed by atoms with Crippen LogP contribution in [0.1, 0.15) is 28.1 Å². The SMILES string of the molecule is Cc1cc(C)c(CN)c(N(C)Cc2ccoc2C)n1. The Balaban J connectivity index is 2.33. The molecule has 19 heavy (non-hydrogen) atoms. The summed E-state index contributed by atoms with van der Waals surface area (Å²) in [5.41, 5.74) is 10.3. The van der Waals surface area contributed by atoms with E-state index in [1.54, 1.807) is 6.26 Å². The normalized spacial score (nSPS) is 10.8. The van der Waals surface area contributed by atoms with E-state index in [1.807, 2.05) is 27.0 Å². The highest BCUT2D eigenvalue weighted by Crippen LogP contribution is 2.23. The van der Waals surface area contributed by atoms with Crippen LogP contribution in [0.3, 0.4) is 0 Å². The van der Waals surface area contributed by atoms with Gasteiger partial charge in [-0.15, -0.1) is 0 Å². The number of furan rings is 1. The van der Waals surface area contributed by atoms with Crippen LogP contribution in [0.5, 0.6) is 0 Å². The minimum atomic E-state index is 0.503. The number of nitrogens with two attached hydrogens (primary N) is 1. The van der Waals surface area contributed by atoms with Gasteiger partial charge in [0.15, 0.2) is 0 Å². The first kappa shape index (κ1) is 13.6. The van der Waals surface area contributed by atoms with Crippen LogP contribution in [0.4, 0.5) is 5.82 Å². The van der Waals surface area contributed by atoms with Crippen molar-refractivity contribution >= 4 is 5.82 Å². The molecular formula is C15H21N3O. The van der Waals surface area contributed by atoms with Gasteiger partial charge in [-0.2, -0.15) is 0 Å². The second-order valence-corrected chi connectivity index (χ2v) is 4.94. The van der Waals surface area contributed by atoms with E-state index in [9.17, 15) is 0 Å². The van der Waals surface area contributed by atoms with Crippen molar-refractivity contribution in [1.82, 2.24) is 4.98 Å². The van der Waals surface area contributed by atoms with Gasteiger partial charge in [-0.25, -0.2) is 4.98 Å². The number of aromatic nitrogens is 1. The predicted octanol–water partition coefficient (Wildman–Crippen LogP) is 2.69. The summed E-state index contributed by atoms with van der Waals surface area (Å²) < 4.78 is 5.33. The minimum absolute atomic E-state index is 0.503. The Morgan fingerprint density at radius 1 is 1.32 bits per heavy atom. The average molecular weight is 259 g/mol. The highest BCUT2D eigenvalue weighted by Gasteiger charge is 2.13. The second-order valence-electron chi connectivity index (χ2n) is 4.94. The molecule has 2 rings (SSSR count). The summed E-state index contributed by atoms with van der Waals surface area (Å²) in [5, 5.41) is 0. The summed E-state index contributed by atoms with van der Waals surface area (Å²) in [5.74, 6) is 1.91. The highest BCUT2D eigenvalue weighted by atomic mass is 16.3. The van der Waals surface area contributed by atoms with Gasteiger partial charge >= 0.3 is 0 Å². The van der Waals surface area contributed by atoms with E-state index in [0.717, 1.165) is 29.4 Å². The van der Waals surface area contributed by atoms with Crippen molar-refractivity contribution in [1.29, 1.82) is 0 Å². The molecule has 0 bridgehead atoms. The third-order valence-corrected chi connectivity index (χ3v) is 3.39. The predicted molar refractivity (Wildman–Crippen MR) is 77.2 cm³/mol.